The molecule has 0 spiro atoms. The maximum Gasteiger partial charge on any atom is 0.163 e. The maximum absolute atomic E-state index is 6.10. The zero-order chi connectivity index (χ0) is 14.8. The van der Waals surface area contributed by atoms with Gasteiger partial charge in [-0.25, -0.2) is 0 Å². The average molecular weight is 292 g/mol. The van der Waals surface area contributed by atoms with Gasteiger partial charge in [-0.05, 0) is 14.1 Å². The second-order valence-corrected chi connectivity index (χ2v) is 5.86. The maximum atomic E-state index is 6.10. The highest BCUT2D eigenvalue weighted by atomic mass is 16.6. The molecule has 2 heterocycles. The van der Waals surface area contributed by atoms with Crippen molar-refractivity contribution in [1.82, 2.24) is 9.80 Å². The zero-order valence-electron chi connectivity index (χ0n) is 12.8. The molecule has 3 N–H and O–H groups in total. The van der Waals surface area contributed by atoms with Crippen LogP contribution in [0.1, 0.15) is 0 Å². The summed E-state index contributed by atoms with van der Waals surface area (Å²) in [6.45, 7) is 5.32. The molecule has 0 aromatic heterocycles. The molecule has 2 aliphatic heterocycles. The van der Waals surface area contributed by atoms with Crippen molar-refractivity contribution in [3.05, 3.63) is 12.1 Å². The first kappa shape index (κ1) is 14.3. The molecule has 2 aliphatic rings. The van der Waals surface area contributed by atoms with E-state index in [1.807, 2.05) is 12.1 Å². The molecule has 0 radical (unpaired) electrons. The molecular weight excluding hydrogens is 268 g/mol. The number of hydrogen-bond donors (Lipinski definition) is 2. The fraction of sp³-hybridized carbons (Fsp3) is 0.600. The van der Waals surface area contributed by atoms with E-state index in [1.165, 1.54) is 0 Å². The van der Waals surface area contributed by atoms with Gasteiger partial charge in [0.25, 0.3) is 0 Å². The lowest BCUT2D eigenvalue weighted by atomic mass is 10.1. The number of rotatable bonds is 3. The number of nitrogen functional groups attached to an aromatic ring is 1. The largest absolute Gasteiger partial charge is 0.486 e. The predicted octanol–water partition coefficient (Wildman–Crippen LogP) is 0.698. The van der Waals surface area contributed by atoms with E-state index >= 15 is 0 Å². The van der Waals surface area contributed by atoms with Gasteiger partial charge in [0.2, 0.25) is 0 Å². The molecule has 1 unspecified atom stereocenters. The van der Waals surface area contributed by atoms with Gasteiger partial charge in [0, 0.05) is 44.4 Å². The Morgan fingerprint density at radius 2 is 1.90 bits per heavy atom. The van der Waals surface area contributed by atoms with Gasteiger partial charge >= 0.3 is 0 Å². The van der Waals surface area contributed by atoms with Crippen LogP contribution in [0.25, 0.3) is 0 Å². The molecule has 0 amide bonds. The molecule has 6 heteroatoms. The van der Waals surface area contributed by atoms with E-state index in [4.69, 9.17) is 15.2 Å². The highest BCUT2D eigenvalue weighted by molar-refractivity contribution is 5.72. The minimum Gasteiger partial charge on any atom is -0.486 e. The van der Waals surface area contributed by atoms with Crippen molar-refractivity contribution in [1.29, 1.82) is 0 Å². The summed E-state index contributed by atoms with van der Waals surface area (Å²) in [5, 5.41) is 3.45. The highest BCUT2D eigenvalue weighted by Crippen LogP contribution is 2.36. The Morgan fingerprint density at radius 3 is 2.67 bits per heavy atom. The van der Waals surface area contributed by atoms with Crippen molar-refractivity contribution in [2.75, 3.05) is 64.5 Å². The molecule has 6 nitrogen and oxygen atoms in total. The van der Waals surface area contributed by atoms with Crippen LogP contribution in [0.4, 0.5) is 11.4 Å². The van der Waals surface area contributed by atoms with Crippen LogP contribution in [0.5, 0.6) is 11.5 Å². The molecule has 0 bridgehead atoms. The molecule has 3 rings (SSSR count). The minimum atomic E-state index is 0.483. The fourth-order valence-electron chi connectivity index (χ4n) is 2.81. The lowest BCUT2D eigenvalue weighted by Crippen LogP contribution is -2.52. The molecule has 1 atom stereocenters. The number of nitrogens with two attached hydrogens (primary N) is 1. The van der Waals surface area contributed by atoms with E-state index < -0.39 is 0 Å². The summed E-state index contributed by atoms with van der Waals surface area (Å²) in [6.07, 6.45) is 0. The quantitative estimate of drug-likeness (QED) is 0.800. The monoisotopic (exact) mass is 292 g/mol. The van der Waals surface area contributed by atoms with E-state index in [0.29, 0.717) is 24.9 Å². The van der Waals surface area contributed by atoms with E-state index in [2.05, 4.69) is 29.2 Å². The zero-order valence-corrected chi connectivity index (χ0v) is 12.8. The number of fused-ring (bicyclic) bond motifs is 1. The minimum absolute atomic E-state index is 0.483. The van der Waals surface area contributed by atoms with E-state index in [9.17, 15) is 0 Å². The third-order valence-corrected chi connectivity index (χ3v) is 4.22. The Morgan fingerprint density at radius 1 is 1.19 bits per heavy atom. The van der Waals surface area contributed by atoms with Crippen molar-refractivity contribution >= 4 is 11.4 Å². The van der Waals surface area contributed by atoms with Crippen LogP contribution in [-0.2, 0) is 0 Å². The number of benzene rings is 1. The summed E-state index contributed by atoms with van der Waals surface area (Å²) in [4.78, 5) is 4.75. The van der Waals surface area contributed by atoms with Gasteiger partial charge in [0.15, 0.2) is 11.5 Å². The standard InChI is InChI=1S/C15H24N4O2/c1-18-3-4-19(2)11(10-18)9-17-13-8-15-14(7-12(13)16)20-5-6-21-15/h7-8,11,17H,3-6,9-10,16H2,1-2H3. The first-order chi connectivity index (χ1) is 10.1. The molecule has 0 aliphatic carbocycles. The Balaban J connectivity index is 1.67. The Hall–Kier alpha value is -1.66. The van der Waals surface area contributed by atoms with Crippen LogP contribution in [0, 0.1) is 0 Å². The van der Waals surface area contributed by atoms with Crippen LogP contribution in [0.15, 0.2) is 12.1 Å². The van der Waals surface area contributed by atoms with E-state index in [1.54, 1.807) is 0 Å². The van der Waals surface area contributed by atoms with Gasteiger partial charge < -0.3 is 25.4 Å². The molecule has 1 fully saturated rings. The summed E-state index contributed by atoms with van der Waals surface area (Å²) in [5.74, 6) is 1.51. The average Bonchev–Trinajstić information content (AvgIpc) is 2.48. The molecule has 1 aromatic rings. The van der Waals surface area contributed by atoms with E-state index in [0.717, 1.165) is 43.4 Å². The Bertz CT molecular complexity index is 509. The van der Waals surface area contributed by atoms with Gasteiger partial charge in [0.1, 0.15) is 13.2 Å². The predicted molar refractivity (Wildman–Crippen MR) is 84.2 cm³/mol. The van der Waals surface area contributed by atoms with Crippen LogP contribution < -0.4 is 20.5 Å². The molecule has 1 saturated heterocycles. The first-order valence-corrected chi connectivity index (χ1v) is 7.45. The van der Waals surface area contributed by atoms with Crippen LogP contribution in [0.3, 0.4) is 0 Å². The first-order valence-electron chi connectivity index (χ1n) is 7.45. The fourth-order valence-corrected chi connectivity index (χ4v) is 2.81. The van der Waals surface area contributed by atoms with Gasteiger partial charge in [-0.3, -0.25) is 4.90 Å². The SMILES string of the molecule is CN1CCN(C)C(CNc2cc3c(cc2N)OCCO3)C1. The third-order valence-electron chi connectivity index (χ3n) is 4.22. The summed E-state index contributed by atoms with van der Waals surface area (Å²) in [7, 11) is 4.34. The molecular formula is C15H24N4O2. The molecule has 0 saturated carbocycles. The van der Waals surface area contributed by atoms with Crippen LogP contribution >= 0.6 is 0 Å². The summed E-state index contributed by atoms with van der Waals surface area (Å²) in [5.41, 5.74) is 7.72. The molecule has 1 aromatic carbocycles. The summed E-state index contributed by atoms with van der Waals surface area (Å²) >= 11 is 0. The number of likely N-dealkylation sites (N-methyl/N-ethyl adjacent to an activating group) is 2. The second-order valence-electron chi connectivity index (χ2n) is 5.86. The van der Waals surface area contributed by atoms with Crippen molar-refractivity contribution in [3.63, 3.8) is 0 Å². The van der Waals surface area contributed by atoms with Crippen LogP contribution in [-0.4, -0.2) is 69.3 Å². The number of piperazine rings is 1. The number of hydrogen-bond acceptors (Lipinski definition) is 6. The van der Waals surface area contributed by atoms with Gasteiger partial charge in [0.05, 0.1) is 11.4 Å². The van der Waals surface area contributed by atoms with Gasteiger partial charge in [-0.1, -0.05) is 0 Å². The third kappa shape index (κ3) is 3.16. The Labute approximate surface area is 125 Å². The van der Waals surface area contributed by atoms with Gasteiger partial charge in [-0.2, -0.15) is 0 Å². The van der Waals surface area contributed by atoms with Crippen molar-refractivity contribution in [3.8, 4) is 11.5 Å². The highest BCUT2D eigenvalue weighted by Gasteiger charge is 2.22. The summed E-state index contributed by atoms with van der Waals surface area (Å²) in [6, 6.07) is 4.26. The van der Waals surface area contributed by atoms with Gasteiger partial charge in [-0.15, -0.1) is 0 Å². The molecule has 116 valence electrons. The summed E-state index contributed by atoms with van der Waals surface area (Å²) < 4.78 is 11.1. The number of ether oxygens (including phenoxy) is 2. The molecule has 21 heavy (non-hydrogen) atoms. The lowest BCUT2D eigenvalue weighted by Gasteiger charge is -2.38. The number of nitrogens with one attached hydrogen (secondary N) is 1. The van der Waals surface area contributed by atoms with E-state index in [-0.39, 0.29) is 0 Å². The second kappa shape index (κ2) is 5.99. The number of nitrogens with zero attached hydrogens (tertiary/aromatic N) is 2. The van der Waals surface area contributed by atoms with Crippen LogP contribution in [0.2, 0.25) is 0 Å². The number of anilines is 2. The Kier molecular flexibility index (Phi) is 4.07. The van der Waals surface area contributed by atoms with Crippen molar-refractivity contribution in [2.24, 2.45) is 0 Å². The topological polar surface area (TPSA) is 63.0 Å². The van der Waals surface area contributed by atoms with Crippen molar-refractivity contribution in [2.45, 2.75) is 6.04 Å². The smallest absolute Gasteiger partial charge is 0.163 e. The van der Waals surface area contributed by atoms with Crippen molar-refractivity contribution < 1.29 is 9.47 Å². The normalized spacial score (nSPS) is 23.0. The lowest BCUT2D eigenvalue weighted by molar-refractivity contribution is 0.122.